The van der Waals surface area contributed by atoms with Gasteiger partial charge in [-0.3, -0.25) is 14.4 Å². The number of benzene rings is 2. The number of rotatable bonds is 11. The Bertz CT molecular complexity index is 1260. The summed E-state index contributed by atoms with van der Waals surface area (Å²) in [6.07, 6.45) is 2.40. The lowest BCUT2D eigenvalue weighted by Gasteiger charge is -2.29. The van der Waals surface area contributed by atoms with Crippen molar-refractivity contribution in [1.82, 2.24) is 9.80 Å². The van der Waals surface area contributed by atoms with Crippen molar-refractivity contribution in [2.45, 2.75) is 53.6 Å². The zero-order valence-electron chi connectivity index (χ0n) is 22.6. The van der Waals surface area contributed by atoms with Crippen LogP contribution in [0.25, 0.3) is 11.0 Å². The van der Waals surface area contributed by atoms with Gasteiger partial charge in [0.1, 0.15) is 5.58 Å². The van der Waals surface area contributed by atoms with Gasteiger partial charge in [0.15, 0.2) is 5.43 Å². The molecule has 0 bridgehead atoms. The highest BCUT2D eigenvalue weighted by atomic mass is 16.5. The molecule has 0 N–H and O–H groups in total. The lowest BCUT2D eigenvalue weighted by Crippen LogP contribution is -2.44. The maximum atomic E-state index is 13.7. The van der Waals surface area contributed by atoms with Crippen LogP contribution in [0.5, 0.6) is 0 Å². The van der Waals surface area contributed by atoms with Crippen LogP contribution in [0.3, 0.4) is 0 Å². The standard InChI is InChI=1S/C30H38N2O5/c1-22-12-13-26-25(16-22)29(35)24(21-37-26)19-32(18-23-10-7-6-8-11-23)28(34)20-31(14-9-15-36-5)27(33)17-30(2,3)4/h6-8,10-13,16,21H,9,14-15,17-20H2,1-5H3. The van der Waals surface area contributed by atoms with E-state index in [1.165, 1.54) is 6.26 Å². The zero-order chi connectivity index (χ0) is 27.0. The van der Waals surface area contributed by atoms with E-state index in [1.54, 1.807) is 29.0 Å². The van der Waals surface area contributed by atoms with Crippen molar-refractivity contribution >= 4 is 22.8 Å². The number of methoxy groups -OCH3 is 1. The lowest BCUT2D eigenvalue weighted by molar-refractivity contribution is -0.142. The summed E-state index contributed by atoms with van der Waals surface area (Å²) in [7, 11) is 1.62. The van der Waals surface area contributed by atoms with E-state index in [-0.39, 0.29) is 35.7 Å². The third kappa shape index (κ3) is 8.29. The van der Waals surface area contributed by atoms with Crippen molar-refractivity contribution in [2.75, 3.05) is 26.8 Å². The number of carbonyl (C=O) groups excluding carboxylic acids is 2. The molecule has 0 fully saturated rings. The third-order valence-corrected chi connectivity index (χ3v) is 6.07. The SMILES string of the molecule is COCCCN(CC(=O)N(Cc1ccccc1)Cc1coc2ccc(C)cc2c1=O)C(=O)CC(C)(C)C. The van der Waals surface area contributed by atoms with Crippen LogP contribution in [0.15, 0.2) is 64.0 Å². The van der Waals surface area contributed by atoms with Crippen LogP contribution in [0.2, 0.25) is 0 Å². The summed E-state index contributed by atoms with van der Waals surface area (Å²) in [5.74, 6) is -0.301. The molecular weight excluding hydrogens is 468 g/mol. The van der Waals surface area contributed by atoms with Crippen molar-refractivity contribution in [3.8, 4) is 0 Å². The summed E-state index contributed by atoms with van der Waals surface area (Å²) in [6, 6.07) is 15.1. The Morgan fingerprint density at radius 1 is 0.973 bits per heavy atom. The molecule has 7 heteroatoms. The van der Waals surface area contributed by atoms with Gasteiger partial charge in [0.25, 0.3) is 0 Å². The molecule has 0 radical (unpaired) electrons. The summed E-state index contributed by atoms with van der Waals surface area (Å²) < 4.78 is 10.9. The van der Waals surface area contributed by atoms with Crippen LogP contribution in [-0.4, -0.2) is 48.4 Å². The molecule has 198 valence electrons. The monoisotopic (exact) mass is 506 g/mol. The van der Waals surface area contributed by atoms with Crippen molar-refractivity contribution in [3.63, 3.8) is 0 Å². The number of fused-ring (bicyclic) bond motifs is 1. The molecule has 2 amide bonds. The van der Waals surface area contributed by atoms with Gasteiger partial charge in [0.2, 0.25) is 11.8 Å². The van der Waals surface area contributed by atoms with Gasteiger partial charge in [-0.25, -0.2) is 0 Å². The number of nitrogens with zero attached hydrogens (tertiary/aromatic N) is 2. The molecule has 1 aromatic heterocycles. The van der Waals surface area contributed by atoms with Gasteiger partial charge >= 0.3 is 0 Å². The number of hydrogen-bond donors (Lipinski definition) is 0. The van der Waals surface area contributed by atoms with Crippen molar-refractivity contribution in [1.29, 1.82) is 0 Å². The van der Waals surface area contributed by atoms with Crippen LogP contribution in [0.4, 0.5) is 0 Å². The molecule has 0 saturated carbocycles. The van der Waals surface area contributed by atoms with E-state index in [0.717, 1.165) is 11.1 Å². The highest BCUT2D eigenvalue weighted by Crippen LogP contribution is 2.21. The quantitative estimate of drug-likeness (QED) is 0.345. The highest BCUT2D eigenvalue weighted by Gasteiger charge is 2.26. The van der Waals surface area contributed by atoms with Crippen LogP contribution >= 0.6 is 0 Å². The second-order valence-corrected chi connectivity index (χ2v) is 10.7. The predicted molar refractivity (Wildman–Crippen MR) is 145 cm³/mol. The van der Waals surface area contributed by atoms with Crippen molar-refractivity contribution in [2.24, 2.45) is 5.41 Å². The maximum Gasteiger partial charge on any atom is 0.242 e. The molecule has 0 saturated heterocycles. The molecule has 0 aliphatic heterocycles. The first kappa shape index (κ1) is 28.1. The normalized spacial score (nSPS) is 11.5. The highest BCUT2D eigenvalue weighted by molar-refractivity contribution is 5.85. The first-order valence-electron chi connectivity index (χ1n) is 12.7. The van der Waals surface area contributed by atoms with Crippen LogP contribution in [0, 0.1) is 12.3 Å². The lowest BCUT2D eigenvalue weighted by atomic mass is 9.91. The van der Waals surface area contributed by atoms with Crippen LogP contribution in [0.1, 0.15) is 50.3 Å². The zero-order valence-corrected chi connectivity index (χ0v) is 22.6. The van der Waals surface area contributed by atoms with Crippen LogP contribution < -0.4 is 5.43 Å². The fraction of sp³-hybridized carbons (Fsp3) is 0.433. The Morgan fingerprint density at radius 3 is 2.38 bits per heavy atom. The second kappa shape index (κ2) is 12.7. The molecule has 3 rings (SSSR count). The average Bonchev–Trinajstić information content (AvgIpc) is 2.84. The molecule has 0 aliphatic rings. The van der Waals surface area contributed by atoms with E-state index in [4.69, 9.17) is 9.15 Å². The number of ether oxygens (including phenoxy) is 1. The number of amides is 2. The number of carbonyl (C=O) groups is 2. The molecule has 0 unspecified atom stereocenters. The minimum Gasteiger partial charge on any atom is -0.464 e. The minimum atomic E-state index is -0.229. The largest absolute Gasteiger partial charge is 0.464 e. The van der Waals surface area contributed by atoms with Crippen LogP contribution in [-0.2, 0) is 27.4 Å². The minimum absolute atomic E-state index is 0.0660. The summed E-state index contributed by atoms with van der Waals surface area (Å²) in [4.78, 5) is 43.3. The molecule has 3 aromatic rings. The topological polar surface area (TPSA) is 80.1 Å². The second-order valence-electron chi connectivity index (χ2n) is 10.7. The molecule has 1 heterocycles. The fourth-order valence-electron chi connectivity index (χ4n) is 4.16. The smallest absolute Gasteiger partial charge is 0.242 e. The Balaban J connectivity index is 1.89. The first-order chi connectivity index (χ1) is 17.6. The number of aryl methyl sites for hydroxylation is 1. The van der Waals surface area contributed by atoms with Gasteiger partial charge in [-0.2, -0.15) is 0 Å². The molecule has 2 aromatic carbocycles. The van der Waals surface area contributed by atoms with E-state index >= 15 is 0 Å². The average molecular weight is 507 g/mol. The van der Waals surface area contributed by atoms with Gasteiger partial charge < -0.3 is 19.0 Å². The molecule has 7 nitrogen and oxygen atoms in total. The van der Waals surface area contributed by atoms with Crippen molar-refractivity contribution in [3.05, 3.63) is 81.7 Å². The van der Waals surface area contributed by atoms with Gasteiger partial charge in [0.05, 0.1) is 30.3 Å². The first-order valence-corrected chi connectivity index (χ1v) is 12.7. The van der Waals surface area contributed by atoms with E-state index < -0.39 is 0 Å². The molecule has 0 atom stereocenters. The Hall–Kier alpha value is -3.45. The summed E-state index contributed by atoms with van der Waals surface area (Å²) in [5.41, 5.74) is 2.44. The molecular formula is C30H38N2O5. The Kier molecular flexibility index (Phi) is 9.64. The van der Waals surface area contributed by atoms with Gasteiger partial charge in [-0.1, -0.05) is 62.7 Å². The van der Waals surface area contributed by atoms with E-state index in [9.17, 15) is 14.4 Å². The Labute approximate surface area is 219 Å². The number of hydrogen-bond acceptors (Lipinski definition) is 5. The van der Waals surface area contributed by atoms with E-state index in [1.807, 2.05) is 64.1 Å². The molecule has 0 aliphatic carbocycles. The van der Waals surface area contributed by atoms with Gasteiger partial charge in [0, 0.05) is 33.2 Å². The van der Waals surface area contributed by atoms with Gasteiger partial charge in [-0.05, 0) is 36.5 Å². The fourth-order valence-corrected chi connectivity index (χ4v) is 4.16. The van der Waals surface area contributed by atoms with E-state index in [0.29, 0.717) is 49.1 Å². The van der Waals surface area contributed by atoms with Gasteiger partial charge in [-0.15, -0.1) is 0 Å². The third-order valence-electron chi connectivity index (χ3n) is 6.07. The Morgan fingerprint density at radius 2 is 1.70 bits per heavy atom. The van der Waals surface area contributed by atoms with Crippen molar-refractivity contribution < 1.29 is 18.7 Å². The molecule has 0 spiro atoms. The summed E-state index contributed by atoms with van der Waals surface area (Å²) in [6.45, 7) is 9.17. The maximum absolute atomic E-state index is 13.7. The van der Waals surface area contributed by atoms with E-state index in [2.05, 4.69) is 0 Å². The predicted octanol–water partition coefficient (Wildman–Crippen LogP) is 4.93. The summed E-state index contributed by atoms with van der Waals surface area (Å²) >= 11 is 0. The summed E-state index contributed by atoms with van der Waals surface area (Å²) in [5, 5.41) is 0.492. The molecule has 37 heavy (non-hydrogen) atoms.